The highest BCUT2D eigenvalue weighted by Gasteiger charge is 2.19. The van der Waals surface area contributed by atoms with Crippen LogP contribution in [0.25, 0.3) is 0 Å². The summed E-state index contributed by atoms with van der Waals surface area (Å²) in [5, 5.41) is 4.16. The summed E-state index contributed by atoms with van der Waals surface area (Å²) in [6.07, 6.45) is 0. The Morgan fingerprint density at radius 2 is 1.88 bits per heavy atom. The number of benzene rings is 1. The van der Waals surface area contributed by atoms with Gasteiger partial charge in [0.05, 0.1) is 0 Å². The van der Waals surface area contributed by atoms with Gasteiger partial charge in [0.15, 0.2) is 0 Å². The second-order valence-electron chi connectivity index (χ2n) is 5.00. The zero-order valence-corrected chi connectivity index (χ0v) is 11.0. The van der Waals surface area contributed by atoms with Gasteiger partial charge in [0.25, 0.3) is 0 Å². The maximum Gasteiger partial charge on any atom is 0.0406 e. The lowest BCUT2D eigenvalue weighted by Crippen LogP contribution is -2.38. The maximum absolute atomic E-state index is 5.88. The molecule has 0 saturated heterocycles. The van der Waals surface area contributed by atoms with E-state index in [0.717, 1.165) is 18.1 Å². The van der Waals surface area contributed by atoms with Gasteiger partial charge in [-0.05, 0) is 24.6 Å². The van der Waals surface area contributed by atoms with Gasteiger partial charge in [-0.15, -0.1) is 0 Å². The quantitative estimate of drug-likeness (QED) is 0.830. The second-order valence-corrected chi connectivity index (χ2v) is 5.44. The zero-order chi connectivity index (χ0) is 12.2. The Hall–Kier alpha value is -0.570. The molecule has 0 saturated carbocycles. The number of hydrogen-bond donors (Lipinski definition) is 2. The first-order valence-electron chi connectivity index (χ1n) is 5.64. The van der Waals surface area contributed by atoms with E-state index in [9.17, 15) is 0 Å². The molecule has 0 heterocycles. The molecule has 1 unspecified atom stereocenters. The summed E-state index contributed by atoms with van der Waals surface area (Å²) in [5.74, 6) is 0. The summed E-state index contributed by atoms with van der Waals surface area (Å²) in [4.78, 5) is 0. The van der Waals surface area contributed by atoms with E-state index in [1.807, 2.05) is 19.1 Å². The van der Waals surface area contributed by atoms with Gasteiger partial charge in [0, 0.05) is 29.6 Å². The van der Waals surface area contributed by atoms with Crippen molar-refractivity contribution in [2.24, 2.45) is 5.73 Å². The molecule has 0 bridgehead atoms. The molecule has 1 aromatic rings. The molecule has 1 rings (SSSR count). The summed E-state index contributed by atoms with van der Waals surface area (Å²) in [7, 11) is 0. The van der Waals surface area contributed by atoms with Crippen LogP contribution in [0.15, 0.2) is 24.3 Å². The Morgan fingerprint density at radius 1 is 1.31 bits per heavy atom. The Labute approximate surface area is 103 Å². The highest BCUT2D eigenvalue weighted by molar-refractivity contribution is 6.30. The van der Waals surface area contributed by atoms with Crippen molar-refractivity contribution < 1.29 is 0 Å². The molecule has 90 valence electrons. The number of nitrogens with two attached hydrogens (primary N) is 1. The Morgan fingerprint density at radius 3 is 2.38 bits per heavy atom. The van der Waals surface area contributed by atoms with E-state index < -0.39 is 0 Å². The van der Waals surface area contributed by atoms with Crippen molar-refractivity contribution in [3.63, 3.8) is 0 Å². The summed E-state index contributed by atoms with van der Waals surface area (Å²) in [5.41, 5.74) is 7.08. The van der Waals surface area contributed by atoms with Crippen LogP contribution < -0.4 is 11.1 Å². The van der Waals surface area contributed by atoms with Crippen LogP contribution in [0.4, 0.5) is 0 Å². The maximum atomic E-state index is 5.88. The smallest absolute Gasteiger partial charge is 0.0406 e. The molecule has 0 fully saturated rings. The number of halogens is 1. The van der Waals surface area contributed by atoms with Crippen molar-refractivity contribution in [1.82, 2.24) is 5.32 Å². The lowest BCUT2D eigenvalue weighted by atomic mass is 9.84. The Bertz CT molecular complexity index is 317. The molecule has 3 N–H and O–H groups in total. The van der Waals surface area contributed by atoms with Crippen LogP contribution in [0, 0.1) is 0 Å². The average molecular weight is 241 g/mol. The fourth-order valence-electron chi connectivity index (χ4n) is 1.62. The van der Waals surface area contributed by atoms with Crippen molar-refractivity contribution in [2.75, 3.05) is 13.1 Å². The normalized spacial score (nSPS) is 13.8. The van der Waals surface area contributed by atoms with Crippen LogP contribution in [0.2, 0.25) is 5.02 Å². The topological polar surface area (TPSA) is 38.0 Å². The first-order valence-corrected chi connectivity index (χ1v) is 6.02. The molecule has 0 radical (unpaired) electrons. The molecule has 1 atom stereocenters. The van der Waals surface area contributed by atoms with Gasteiger partial charge in [-0.25, -0.2) is 0 Å². The van der Waals surface area contributed by atoms with Crippen LogP contribution in [0.3, 0.4) is 0 Å². The third kappa shape index (κ3) is 4.12. The number of rotatable bonds is 5. The van der Waals surface area contributed by atoms with E-state index in [4.69, 9.17) is 17.3 Å². The number of nitrogens with one attached hydrogen (secondary N) is 1. The predicted molar refractivity (Wildman–Crippen MR) is 71.0 cm³/mol. The van der Waals surface area contributed by atoms with Crippen molar-refractivity contribution in [1.29, 1.82) is 0 Å². The molecular formula is C13H21ClN2. The highest BCUT2D eigenvalue weighted by Crippen LogP contribution is 2.23. The fourth-order valence-corrected chi connectivity index (χ4v) is 1.74. The predicted octanol–water partition coefficient (Wildman–Crippen LogP) is 2.55. The minimum Gasteiger partial charge on any atom is -0.327 e. The molecular weight excluding hydrogens is 220 g/mol. The van der Waals surface area contributed by atoms with E-state index >= 15 is 0 Å². The van der Waals surface area contributed by atoms with Crippen LogP contribution in [-0.4, -0.2) is 19.1 Å². The minimum atomic E-state index is 0.0967. The Kier molecular flexibility index (Phi) is 4.78. The van der Waals surface area contributed by atoms with Gasteiger partial charge in [-0.1, -0.05) is 37.6 Å². The van der Waals surface area contributed by atoms with Gasteiger partial charge < -0.3 is 11.1 Å². The van der Waals surface area contributed by atoms with E-state index in [2.05, 4.69) is 31.3 Å². The third-order valence-electron chi connectivity index (χ3n) is 2.66. The summed E-state index contributed by atoms with van der Waals surface area (Å²) < 4.78 is 0. The SMILES string of the molecule is CC(N)CNCC(C)(C)c1ccc(Cl)cc1. The van der Waals surface area contributed by atoms with Crippen LogP contribution in [-0.2, 0) is 5.41 Å². The molecule has 0 aliphatic carbocycles. The molecule has 1 aromatic carbocycles. The summed E-state index contributed by atoms with van der Waals surface area (Å²) >= 11 is 5.88. The van der Waals surface area contributed by atoms with Gasteiger partial charge in [0.2, 0.25) is 0 Å². The van der Waals surface area contributed by atoms with E-state index in [1.54, 1.807) is 0 Å². The molecule has 2 nitrogen and oxygen atoms in total. The third-order valence-corrected chi connectivity index (χ3v) is 2.91. The molecule has 0 aliphatic heterocycles. The minimum absolute atomic E-state index is 0.0967. The monoisotopic (exact) mass is 240 g/mol. The summed E-state index contributed by atoms with van der Waals surface area (Å²) in [6, 6.07) is 8.22. The largest absolute Gasteiger partial charge is 0.327 e. The van der Waals surface area contributed by atoms with E-state index in [1.165, 1.54) is 5.56 Å². The zero-order valence-electron chi connectivity index (χ0n) is 10.3. The van der Waals surface area contributed by atoms with Gasteiger partial charge in [0.1, 0.15) is 0 Å². The molecule has 0 spiro atoms. The summed E-state index contributed by atoms with van der Waals surface area (Å²) in [6.45, 7) is 8.18. The highest BCUT2D eigenvalue weighted by atomic mass is 35.5. The number of hydrogen-bond acceptors (Lipinski definition) is 2. The van der Waals surface area contributed by atoms with Crippen molar-refractivity contribution in [3.8, 4) is 0 Å². The van der Waals surface area contributed by atoms with E-state index in [0.29, 0.717) is 0 Å². The van der Waals surface area contributed by atoms with Gasteiger partial charge in [-0.2, -0.15) is 0 Å². The Balaban J connectivity index is 2.59. The van der Waals surface area contributed by atoms with Gasteiger partial charge in [-0.3, -0.25) is 0 Å². The lowest BCUT2D eigenvalue weighted by Gasteiger charge is -2.26. The average Bonchev–Trinajstić information content (AvgIpc) is 2.17. The fraction of sp³-hybridized carbons (Fsp3) is 0.538. The van der Waals surface area contributed by atoms with Crippen LogP contribution in [0.5, 0.6) is 0 Å². The molecule has 0 aliphatic rings. The molecule has 16 heavy (non-hydrogen) atoms. The first-order chi connectivity index (χ1) is 7.42. The van der Waals surface area contributed by atoms with Crippen LogP contribution >= 0.6 is 11.6 Å². The lowest BCUT2D eigenvalue weighted by molar-refractivity contribution is 0.458. The van der Waals surface area contributed by atoms with Crippen LogP contribution in [0.1, 0.15) is 26.3 Å². The van der Waals surface area contributed by atoms with Gasteiger partial charge >= 0.3 is 0 Å². The second kappa shape index (κ2) is 5.67. The van der Waals surface area contributed by atoms with E-state index in [-0.39, 0.29) is 11.5 Å². The molecule has 0 amide bonds. The van der Waals surface area contributed by atoms with Crippen molar-refractivity contribution >= 4 is 11.6 Å². The molecule has 3 heteroatoms. The molecule has 0 aromatic heterocycles. The first kappa shape index (κ1) is 13.5. The standard InChI is InChI=1S/C13H21ClN2/c1-10(15)8-16-9-13(2,3)11-4-6-12(14)7-5-11/h4-7,10,16H,8-9,15H2,1-3H3. The van der Waals surface area contributed by atoms with Crippen molar-refractivity contribution in [3.05, 3.63) is 34.9 Å². The van der Waals surface area contributed by atoms with Crippen molar-refractivity contribution in [2.45, 2.75) is 32.2 Å².